The fraction of sp³-hybridized carbons (Fsp3) is 0.333. The summed E-state index contributed by atoms with van der Waals surface area (Å²) in [6.07, 6.45) is 0.960. The van der Waals surface area contributed by atoms with Crippen LogP contribution in [0.3, 0.4) is 0 Å². The Morgan fingerprint density at radius 1 is 1.40 bits per heavy atom. The summed E-state index contributed by atoms with van der Waals surface area (Å²) in [6, 6.07) is 7.57. The van der Waals surface area contributed by atoms with Gasteiger partial charge in [-0.2, -0.15) is 5.10 Å². The highest BCUT2D eigenvalue weighted by atomic mass is 35.5. The highest BCUT2D eigenvalue weighted by molar-refractivity contribution is 6.30. The van der Waals surface area contributed by atoms with Crippen LogP contribution in [0.1, 0.15) is 27.2 Å². The van der Waals surface area contributed by atoms with Crippen molar-refractivity contribution in [2.75, 3.05) is 6.54 Å². The van der Waals surface area contributed by atoms with Crippen LogP contribution in [0.4, 0.5) is 0 Å². The zero-order chi connectivity index (χ0) is 14.7. The Bertz CT molecular complexity index is 634. The summed E-state index contributed by atoms with van der Waals surface area (Å²) in [5.74, 6) is 0.0482. The van der Waals surface area contributed by atoms with E-state index in [-0.39, 0.29) is 12.2 Å². The highest BCUT2D eigenvalue weighted by Gasteiger charge is 2.17. The van der Waals surface area contributed by atoms with E-state index in [1.54, 1.807) is 11.7 Å². The molecular formula is C15H18ClN3O. The molecule has 0 amide bonds. The molecule has 0 aliphatic heterocycles. The van der Waals surface area contributed by atoms with E-state index < -0.39 is 0 Å². The van der Waals surface area contributed by atoms with Crippen molar-refractivity contribution >= 4 is 17.4 Å². The van der Waals surface area contributed by atoms with Gasteiger partial charge in [-0.3, -0.25) is 9.48 Å². The van der Waals surface area contributed by atoms with Crippen LogP contribution in [0.25, 0.3) is 0 Å². The van der Waals surface area contributed by atoms with Crippen LogP contribution in [0.15, 0.2) is 24.3 Å². The van der Waals surface area contributed by atoms with Gasteiger partial charge < -0.3 is 5.73 Å². The van der Waals surface area contributed by atoms with E-state index in [1.807, 2.05) is 31.2 Å². The van der Waals surface area contributed by atoms with E-state index in [1.165, 1.54) is 0 Å². The lowest BCUT2D eigenvalue weighted by molar-refractivity contribution is 0.0992. The van der Waals surface area contributed by atoms with Crippen molar-refractivity contribution in [1.29, 1.82) is 0 Å². The van der Waals surface area contributed by atoms with Gasteiger partial charge in [-0.1, -0.05) is 35.9 Å². The van der Waals surface area contributed by atoms with Gasteiger partial charge in [0, 0.05) is 24.6 Å². The Balaban J connectivity index is 2.29. The molecule has 0 unspecified atom stereocenters. The van der Waals surface area contributed by atoms with Crippen LogP contribution in [0.2, 0.25) is 5.15 Å². The quantitative estimate of drug-likeness (QED) is 0.860. The van der Waals surface area contributed by atoms with Crippen LogP contribution in [0.5, 0.6) is 0 Å². The third-order valence-corrected chi connectivity index (χ3v) is 3.81. The fourth-order valence-corrected chi connectivity index (χ4v) is 2.54. The molecule has 20 heavy (non-hydrogen) atoms. The summed E-state index contributed by atoms with van der Waals surface area (Å²) in [5.41, 5.74) is 8.88. The normalized spacial score (nSPS) is 10.8. The molecule has 0 saturated heterocycles. The lowest BCUT2D eigenvalue weighted by Crippen LogP contribution is -2.11. The van der Waals surface area contributed by atoms with Crippen LogP contribution >= 0.6 is 11.6 Å². The number of carbonyl (C=O) groups is 1. The van der Waals surface area contributed by atoms with Crippen molar-refractivity contribution in [3.63, 3.8) is 0 Å². The monoisotopic (exact) mass is 291 g/mol. The Morgan fingerprint density at radius 3 is 2.70 bits per heavy atom. The molecule has 0 radical (unpaired) electrons. The van der Waals surface area contributed by atoms with Crippen molar-refractivity contribution in [2.24, 2.45) is 12.8 Å². The molecule has 5 heteroatoms. The van der Waals surface area contributed by atoms with Gasteiger partial charge in [0.2, 0.25) is 0 Å². The minimum atomic E-state index is 0.0482. The lowest BCUT2D eigenvalue weighted by Gasteiger charge is -2.07. The maximum absolute atomic E-state index is 12.5. The topological polar surface area (TPSA) is 60.9 Å². The maximum Gasteiger partial charge on any atom is 0.167 e. The lowest BCUT2D eigenvalue weighted by atomic mass is 9.97. The number of hydrogen-bond donors (Lipinski definition) is 1. The number of ketones is 1. The van der Waals surface area contributed by atoms with Crippen LogP contribution < -0.4 is 5.73 Å². The zero-order valence-electron chi connectivity index (χ0n) is 11.7. The molecule has 106 valence electrons. The van der Waals surface area contributed by atoms with Gasteiger partial charge in [-0.05, 0) is 25.5 Å². The SMILES string of the molecule is Cc1nn(C)c(Cl)c1CC(=O)c1ccccc1CCN. The summed E-state index contributed by atoms with van der Waals surface area (Å²) in [5, 5.41) is 4.75. The number of hydrogen-bond acceptors (Lipinski definition) is 3. The van der Waals surface area contributed by atoms with E-state index in [0.717, 1.165) is 22.4 Å². The minimum absolute atomic E-state index is 0.0482. The predicted octanol–water partition coefficient (Wildman–Crippen LogP) is 2.31. The molecule has 0 fully saturated rings. The largest absolute Gasteiger partial charge is 0.330 e. The van der Waals surface area contributed by atoms with Gasteiger partial charge in [0.25, 0.3) is 0 Å². The second kappa shape index (κ2) is 6.20. The number of aromatic nitrogens is 2. The molecule has 0 aliphatic rings. The van der Waals surface area contributed by atoms with Gasteiger partial charge >= 0.3 is 0 Å². The number of halogens is 1. The predicted molar refractivity (Wildman–Crippen MR) is 80.2 cm³/mol. The van der Waals surface area contributed by atoms with Crippen LogP contribution in [-0.4, -0.2) is 22.1 Å². The van der Waals surface area contributed by atoms with E-state index in [2.05, 4.69) is 5.10 Å². The average molecular weight is 292 g/mol. The maximum atomic E-state index is 12.5. The molecule has 0 aliphatic carbocycles. The second-order valence-corrected chi connectivity index (χ2v) is 5.13. The Kier molecular flexibility index (Phi) is 4.57. The molecule has 1 aromatic carbocycles. The van der Waals surface area contributed by atoms with Crippen molar-refractivity contribution in [2.45, 2.75) is 19.8 Å². The van der Waals surface area contributed by atoms with Crippen molar-refractivity contribution < 1.29 is 4.79 Å². The van der Waals surface area contributed by atoms with Crippen LogP contribution in [-0.2, 0) is 19.9 Å². The molecule has 1 aromatic heterocycles. The zero-order valence-corrected chi connectivity index (χ0v) is 12.4. The van der Waals surface area contributed by atoms with Gasteiger partial charge in [-0.15, -0.1) is 0 Å². The average Bonchev–Trinajstić information content (AvgIpc) is 2.66. The van der Waals surface area contributed by atoms with E-state index in [9.17, 15) is 4.79 Å². The van der Waals surface area contributed by atoms with Gasteiger partial charge in [0.05, 0.1) is 5.69 Å². The molecule has 0 bridgehead atoms. The first-order chi connectivity index (χ1) is 9.54. The van der Waals surface area contributed by atoms with Gasteiger partial charge in [0.1, 0.15) is 5.15 Å². The summed E-state index contributed by atoms with van der Waals surface area (Å²) < 4.78 is 1.59. The molecule has 2 rings (SSSR count). The minimum Gasteiger partial charge on any atom is -0.330 e. The van der Waals surface area contributed by atoms with Gasteiger partial charge in [-0.25, -0.2) is 0 Å². The molecule has 0 saturated carbocycles. The molecule has 0 atom stereocenters. The Labute approximate surface area is 123 Å². The van der Waals surface area contributed by atoms with Gasteiger partial charge in [0.15, 0.2) is 5.78 Å². The van der Waals surface area contributed by atoms with Crippen molar-refractivity contribution in [3.05, 3.63) is 51.8 Å². The smallest absolute Gasteiger partial charge is 0.167 e. The van der Waals surface area contributed by atoms with E-state index in [4.69, 9.17) is 17.3 Å². The summed E-state index contributed by atoms with van der Waals surface area (Å²) in [7, 11) is 1.77. The second-order valence-electron chi connectivity index (χ2n) is 4.77. The highest BCUT2D eigenvalue weighted by Crippen LogP contribution is 2.21. The number of aryl methyl sites for hydroxylation is 2. The summed E-state index contributed by atoms with van der Waals surface area (Å²) >= 11 is 6.17. The molecule has 2 N–H and O–H groups in total. The number of nitrogens with zero attached hydrogens (tertiary/aromatic N) is 2. The Hall–Kier alpha value is -1.65. The third-order valence-electron chi connectivity index (χ3n) is 3.34. The molecule has 2 aromatic rings. The standard InChI is InChI=1S/C15H18ClN3O/c1-10-13(15(16)19(2)18-10)9-14(20)12-6-4-3-5-11(12)7-8-17/h3-6H,7-9,17H2,1-2H3. The first kappa shape index (κ1) is 14.8. The molecule has 1 heterocycles. The van der Waals surface area contributed by atoms with Crippen LogP contribution in [0, 0.1) is 6.92 Å². The number of Topliss-reactive ketones (excluding diaryl/α,β-unsaturated/α-hetero) is 1. The summed E-state index contributed by atoms with van der Waals surface area (Å²) in [6.45, 7) is 2.39. The number of nitrogens with two attached hydrogens (primary N) is 1. The van der Waals surface area contributed by atoms with E-state index in [0.29, 0.717) is 18.1 Å². The van der Waals surface area contributed by atoms with E-state index >= 15 is 0 Å². The van der Waals surface area contributed by atoms with Crippen molar-refractivity contribution in [1.82, 2.24) is 9.78 Å². The van der Waals surface area contributed by atoms with Crippen molar-refractivity contribution in [3.8, 4) is 0 Å². The summed E-state index contributed by atoms with van der Waals surface area (Å²) in [4.78, 5) is 12.5. The number of carbonyl (C=O) groups excluding carboxylic acids is 1. The first-order valence-electron chi connectivity index (χ1n) is 6.53. The first-order valence-corrected chi connectivity index (χ1v) is 6.91. The molecule has 4 nitrogen and oxygen atoms in total. The number of benzene rings is 1. The molecule has 0 spiro atoms. The third kappa shape index (κ3) is 2.92. The molecular weight excluding hydrogens is 274 g/mol. The number of rotatable bonds is 5. The Morgan fingerprint density at radius 2 is 2.10 bits per heavy atom. The fourth-order valence-electron chi connectivity index (χ4n) is 2.30.